The van der Waals surface area contributed by atoms with Gasteiger partial charge in [0.15, 0.2) is 0 Å². The van der Waals surface area contributed by atoms with E-state index in [-0.39, 0.29) is 0 Å². The fourth-order valence-corrected chi connectivity index (χ4v) is 2.01. The van der Waals surface area contributed by atoms with Crippen LogP contribution in [0.25, 0.3) is 0 Å². The van der Waals surface area contributed by atoms with Crippen LogP contribution in [0.4, 0.5) is 0 Å². The van der Waals surface area contributed by atoms with Crippen LogP contribution in [-0.2, 0) is 0 Å². The Kier molecular flexibility index (Phi) is 2.03. The van der Waals surface area contributed by atoms with Gasteiger partial charge in [-0.15, -0.1) is 0 Å². The van der Waals surface area contributed by atoms with E-state index in [9.17, 15) is 0 Å². The fourth-order valence-electron chi connectivity index (χ4n) is 2.01. The molecular weight excluding hydrogens is 148 g/mol. The summed E-state index contributed by atoms with van der Waals surface area (Å²) in [5.74, 6) is 0.675. The summed E-state index contributed by atoms with van der Waals surface area (Å²) in [4.78, 5) is 0. The lowest BCUT2D eigenvalue weighted by molar-refractivity contribution is 0.168. The number of allylic oxidation sites excluding steroid dienone is 3. The summed E-state index contributed by atoms with van der Waals surface area (Å²) < 4.78 is 0. The Labute approximate surface area is 73.7 Å². The number of hydrogen-bond acceptors (Lipinski definition) is 2. The highest BCUT2D eigenvalue weighted by Gasteiger charge is 2.41. The molecule has 0 bridgehead atoms. The van der Waals surface area contributed by atoms with Crippen molar-refractivity contribution in [3.63, 3.8) is 0 Å². The molecule has 0 radical (unpaired) electrons. The zero-order chi connectivity index (χ0) is 8.44. The van der Waals surface area contributed by atoms with E-state index in [1.807, 2.05) is 0 Å². The minimum atomic E-state index is 0.335. The monoisotopic (exact) mass is 164 g/mol. The largest absolute Gasteiger partial charge is 0.313 e. The molecule has 1 heterocycles. The van der Waals surface area contributed by atoms with E-state index in [1.54, 1.807) is 0 Å². The lowest BCUT2D eigenvalue weighted by Crippen LogP contribution is -2.70. The second-order valence-corrected chi connectivity index (χ2v) is 3.66. The molecule has 2 aliphatic rings. The van der Waals surface area contributed by atoms with E-state index in [0.717, 1.165) is 13.1 Å². The van der Waals surface area contributed by atoms with Gasteiger partial charge in [0, 0.05) is 24.5 Å². The van der Waals surface area contributed by atoms with Crippen molar-refractivity contribution in [1.82, 2.24) is 10.6 Å². The SMILES string of the molecule is CNC1([C@@H]2C=CC=CC2)CNC1. The molecule has 2 nitrogen and oxygen atoms in total. The molecule has 1 fully saturated rings. The molecule has 0 aromatic heterocycles. The van der Waals surface area contributed by atoms with Gasteiger partial charge in [-0.1, -0.05) is 24.3 Å². The number of rotatable bonds is 2. The van der Waals surface area contributed by atoms with Crippen LogP contribution in [0.1, 0.15) is 6.42 Å². The lowest BCUT2D eigenvalue weighted by atomic mass is 9.76. The minimum absolute atomic E-state index is 0.335. The summed E-state index contributed by atoms with van der Waals surface area (Å²) in [7, 11) is 2.06. The maximum Gasteiger partial charge on any atom is 0.0496 e. The molecular formula is C10H16N2. The highest BCUT2D eigenvalue weighted by atomic mass is 15.1. The molecule has 0 spiro atoms. The molecule has 0 saturated carbocycles. The van der Waals surface area contributed by atoms with E-state index in [2.05, 4.69) is 42.0 Å². The van der Waals surface area contributed by atoms with Gasteiger partial charge in [-0.25, -0.2) is 0 Å². The van der Waals surface area contributed by atoms with Crippen molar-refractivity contribution in [3.8, 4) is 0 Å². The molecule has 2 heteroatoms. The average Bonchev–Trinajstić information content (AvgIpc) is 2.05. The minimum Gasteiger partial charge on any atom is -0.313 e. The Morgan fingerprint density at radius 3 is 2.67 bits per heavy atom. The summed E-state index contributed by atoms with van der Waals surface area (Å²) >= 11 is 0. The highest BCUT2D eigenvalue weighted by molar-refractivity contribution is 5.19. The first kappa shape index (κ1) is 8.02. The maximum absolute atomic E-state index is 3.44. The average molecular weight is 164 g/mol. The molecule has 12 heavy (non-hydrogen) atoms. The van der Waals surface area contributed by atoms with Crippen molar-refractivity contribution in [3.05, 3.63) is 24.3 Å². The van der Waals surface area contributed by atoms with Gasteiger partial charge in [-0.05, 0) is 13.5 Å². The van der Waals surface area contributed by atoms with Crippen LogP contribution in [0.3, 0.4) is 0 Å². The van der Waals surface area contributed by atoms with Crippen LogP contribution < -0.4 is 10.6 Å². The lowest BCUT2D eigenvalue weighted by Gasteiger charge is -2.47. The molecule has 66 valence electrons. The van der Waals surface area contributed by atoms with E-state index in [1.165, 1.54) is 6.42 Å². The van der Waals surface area contributed by atoms with Crippen molar-refractivity contribution in [1.29, 1.82) is 0 Å². The molecule has 1 atom stereocenters. The van der Waals surface area contributed by atoms with Gasteiger partial charge in [0.2, 0.25) is 0 Å². The molecule has 2 N–H and O–H groups in total. The quantitative estimate of drug-likeness (QED) is 0.627. The number of hydrogen-bond donors (Lipinski definition) is 2. The third-order valence-corrected chi connectivity index (χ3v) is 3.07. The number of likely N-dealkylation sites (N-methyl/N-ethyl adjacent to an activating group) is 1. The Balaban J connectivity index is 2.06. The van der Waals surface area contributed by atoms with E-state index < -0.39 is 0 Å². The third kappa shape index (κ3) is 1.11. The van der Waals surface area contributed by atoms with Gasteiger partial charge in [0.25, 0.3) is 0 Å². The zero-order valence-electron chi connectivity index (χ0n) is 7.51. The van der Waals surface area contributed by atoms with Gasteiger partial charge in [-0.3, -0.25) is 0 Å². The Bertz CT molecular complexity index is 208. The van der Waals surface area contributed by atoms with Gasteiger partial charge < -0.3 is 10.6 Å². The van der Waals surface area contributed by atoms with E-state index >= 15 is 0 Å². The van der Waals surface area contributed by atoms with Crippen molar-refractivity contribution in [2.24, 2.45) is 5.92 Å². The van der Waals surface area contributed by atoms with Crippen LogP contribution in [0.5, 0.6) is 0 Å². The second kappa shape index (κ2) is 3.04. The maximum atomic E-state index is 3.44. The first-order valence-electron chi connectivity index (χ1n) is 4.60. The molecule has 0 unspecified atom stereocenters. The predicted molar refractivity (Wildman–Crippen MR) is 51.0 cm³/mol. The van der Waals surface area contributed by atoms with Crippen LogP contribution in [0, 0.1) is 5.92 Å². The summed E-state index contributed by atoms with van der Waals surface area (Å²) in [5.41, 5.74) is 0.335. The van der Waals surface area contributed by atoms with Gasteiger partial charge >= 0.3 is 0 Å². The standard InChI is InChI=1S/C10H16N2/c1-11-10(7-12-8-10)9-5-3-2-4-6-9/h2-5,9,11-12H,6-8H2,1H3/t9-/m1/s1. The predicted octanol–water partition coefficient (Wildman–Crippen LogP) is 0.680. The van der Waals surface area contributed by atoms with Crippen molar-refractivity contribution >= 4 is 0 Å². The summed E-state index contributed by atoms with van der Waals surface area (Å²) in [6.45, 7) is 2.21. The van der Waals surface area contributed by atoms with Crippen molar-refractivity contribution in [2.75, 3.05) is 20.1 Å². The smallest absolute Gasteiger partial charge is 0.0496 e. The second-order valence-electron chi connectivity index (χ2n) is 3.66. The van der Waals surface area contributed by atoms with Gasteiger partial charge in [0.1, 0.15) is 0 Å². The van der Waals surface area contributed by atoms with Crippen LogP contribution in [-0.4, -0.2) is 25.7 Å². The van der Waals surface area contributed by atoms with Crippen molar-refractivity contribution < 1.29 is 0 Å². The summed E-state index contributed by atoms with van der Waals surface area (Å²) in [6.07, 6.45) is 10.0. The van der Waals surface area contributed by atoms with Crippen LogP contribution in [0.15, 0.2) is 24.3 Å². The highest BCUT2D eigenvalue weighted by Crippen LogP contribution is 2.28. The summed E-state index contributed by atoms with van der Waals surface area (Å²) in [6, 6.07) is 0. The van der Waals surface area contributed by atoms with Crippen LogP contribution >= 0.6 is 0 Å². The first-order chi connectivity index (χ1) is 5.87. The van der Waals surface area contributed by atoms with Crippen molar-refractivity contribution in [2.45, 2.75) is 12.0 Å². The van der Waals surface area contributed by atoms with Crippen LogP contribution in [0.2, 0.25) is 0 Å². The molecule has 0 aromatic carbocycles. The molecule has 0 amide bonds. The molecule has 1 aliphatic heterocycles. The Hall–Kier alpha value is -0.600. The molecule has 2 rings (SSSR count). The molecule has 1 saturated heterocycles. The topological polar surface area (TPSA) is 24.1 Å². The Morgan fingerprint density at radius 2 is 2.25 bits per heavy atom. The fraction of sp³-hybridized carbons (Fsp3) is 0.600. The molecule has 0 aromatic rings. The normalized spacial score (nSPS) is 31.6. The van der Waals surface area contributed by atoms with E-state index in [0.29, 0.717) is 11.5 Å². The summed E-state index contributed by atoms with van der Waals surface area (Å²) in [5, 5.41) is 6.77. The first-order valence-corrected chi connectivity index (χ1v) is 4.60. The third-order valence-electron chi connectivity index (χ3n) is 3.07. The molecule has 1 aliphatic carbocycles. The number of nitrogens with one attached hydrogen (secondary N) is 2. The van der Waals surface area contributed by atoms with E-state index in [4.69, 9.17) is 0 Å². The van der Waals surface area contributed by atoms with Gasteiger partial charge in [0.05, 0.1) is 0 Å². The zero-order valence-corrected chi connectivity index (χ0v) is 7.51. The van der Waals surface area contributed by atoms with Gasteiger partial charge in [-0.2, -0.15) is 0 Å². The Morgan fingerprint density at radius 1 is 1.42 bits per heavy atom.